The molecule has 1 heterocycles. The van der Waals surface area contributed by atoms with E-state index in [1.54, 1.807) is 30.0 Å². The molecule has 0 radical (unpaired) electrons. The van der Waals surface area contributed by atoms with Crippen LogP contribution in [0.25, 0.3) is 11.6 Å². The molecular weight excluding hydrogens is 252 g/mol. The number of carbonyl (C=O) groups excluding carboxylic acids is 1. The summed E-state index contributed by atoms with van der Waals surface area (Å²) in [4.78, 5) is 16.3. The lowest BCUT2D eigenvalue weighted by Crippen LogP contribution is -2.10. The van der Waals surface area contributed by atoms with Crippen molar-refractivity contribution in [3.05, 3.63) is 53.6 Å². The number of esters is 1. The summed E-state index contributed by atoms with van der Waals surface area (Å²) in [5, 5.41) is 0. The molecule has 4 heteroatoms. The highest BCUT2D eigenvalue weighted by molar-refractivity contribution is 6.20. The number of ether oxygens (including phenoxy) is 1. The first-order chi connectivity index (χ1) is 9.61. The number of imidazole rings is 1. The molecule has 0 unspecified atom stereocenters. The topological polar surface area (TPSA) is 44.1 Å². The molecule has 2 rings (SSSR count). The third-order valence-corrected chi connectivity index (χ3v) is 2.95. The minimum absolute atomic E-state index is 0.342. The van der Waals surface area contributed by atoms with Gasteiger partial charge in [0.2, 0.25) is 0 Å². The number of aryl methyl sites for hydroxylation is 2. The van der Waals surface area contributed by atoms with Gasteiger partial charge in [0.15, 0.2) is 0 Å². The Hall–Kier alpha value is -2.36. The van der Waals surface area contributed by atoms with Gasteiger partial charge in [-0.25, -0.2) is 9.78 Å². The van der Waals surface area contributed by atoms with Crippen molar-refractivity contribution >= 4 is 17.6 Å². The molecule has 1 aromatic heterocycles. The third-order valence-electron chi connectivity index (χ3n) is 2.95. The maximum atomic E-state index is 12.1. The van der Waals surface area contributed by atoms with E-state index in [9.17, 15) is 4.79 Å². The Balaban J connectivity index is 2.43. The highest BCUT2D eigenvalue weighted by Gasteiger charge is 2.17. The van der Waals surface area contributed by atoms with Crippen LogP contribution in [0, 0.1) is 6.92 Å². The number of carbonyl (C=O) groups is 1. The maximum absolute atomic E-state index is 12.1. The van der Waals surface area contributed by atoms with Crippen LogP contribution in [0.5, 0.6) is 0 Å². The van der Waals surface area contributed by atoms with Crippen LogP contribution in [0.15, 0.2) is 36.7 Å². The zero-order chi connectivity index (χ0) is 14.5. The van der Waals surface area contributed by atoms with Gasteiger partial charge in [-0.2, -0.15) is 0 Å². The van der Waals surface area contributed by atoms with Crippen molar-refractivity contribution in [2.24, 2.45) is 7.05 Å². The summed E-state index contributed by atoms with van der Waals surface area (Å²) in [5.74, 6) is 0.242. The lowest BCUT2D eigenvalue weighted by molar-refractivity contribution is -0.136. The normalized spacial score (nSPS) is 11.4. The van der Waals surface area contributed by atoms with Crippen LogP contribution in [0.3, 0.4) is 0 Å². The van der Waals surface area contributed by atoms with Gasteiger partial charge in [0, 0.05) is 19.4 Å². The zero-order valence-electron chi connectivity index (χ0n) is 12.0. The van der Waals surface area contributed by atoms with Gasteiger partial charge >= 0.3 is 5.97 Å². The molecule has 0 amide bonds. The first kappa shape index (κ1) is 14.1. The van der Waals surface area contributed by atoms with E-state index >= 15 is 0 Å². The number of aromatic nitrogens is 2. The van der Waals surface area contributed by atoms with Crippen LogP contribution >= 0.6 is 0 Å². The number of nitrogens with zero attached hydrogens (tertiary/aromatic N) is 2. The maximum Gasteiger partial charge on any atom is 0.341 e. The zero-order valence-corrected chi connectivity index (χ0v) is 12.0. The number of rotatable bonds is 4. The monoisotopic (exact) mass is 270 g/mol. The van der Waals surface area contributed by atoms with E-state index < -0.39 is 0 Å². The molecule has 0 aliphatic heterocycles. The Bertz CT molecular complexity index is 624. The number of benzene rings is 1. The van der Waals surface area contributed by atoms with Gasteiger partial charge in [-0.3, -0.25) is 0 Å². The van der Waals surface area contributed by atoms with E-state index in [2.05, 4.69) is 4.98 Å². The molecule has 0 atom stereocenters. The molecule has 0 saturated heterocycles. The Labute approximate surface area is 118 Å². The number of hydrogen-bond donors (Lipinski definition) is 0. The molecule has 0 saturated carbocycles. The van der Waals surface area contributed by atoms with E-state index in [1.165, 1.54) is 5.56 Å². The molecule has 4 nitrogen and oxygen atoms in total. The fourth-order valence-corrected chi connectivity index (χ4v) is 1.88. The molecule has 2 aromatic rings. The van der Waals surface area contributed by atoms with Crippen LogP contribution in [0.1, 0.15) is 23.9 Å². The van der Waals surface area contributed by atoms with Crippen LogP contribution in [-0.4, -0.2) is 22.1 Å². The Morgan fingerprint density at radius 3 is 2.60 bits per heavy atom. The van der Waals surface area contributed by atoms with E-state index in [0.29, 0.717) is 18.0 Å². The van der Waals surface area contributed by atoms with E-state index in [-0.39, 0.29) is 5.97 Å². The summed E-state index contributed by atoms with van der Waals surface area (Å²) in [5.41, 5.74) is 2.58. The lowest BCUT2D eigenvalue weighted by Gasteiger charge is -2.07. The van der Waals surface area contributed by atoms with Crippen molar-refractivity contribution in [3.8, 4) is 0 Å². The second kappa shape index (κ2) is 6.19. The van der Waals surface area contributed by atoms with Gasteiger partial charge in [0.05, 0.1) is 6.61 Å². The minimum atomic E-state index is -0.359. The Morgan fingerprint density at radius 1 is 1.35 bits per heavy atom. The van der Waals surface area contributed by atoms with Gasteiger partial charge in [-0.1, -0.05) is 29.8 Å². The molecule has 0 N–H and O–H groups in total. The predicted molar refractivity (Wildman–Crippen MR) is 78.9 cm³/mol. The molecule has 0 aliphatic rings. The van der Waals surface area contributed by atoms with Crippen molar-refractivity contribution in [1.82, 2.24) is 9.55 Å². The summed E-state index contributed by atoms with van der Waals surface area (Å²) >= 11 is 0. The lowest BCUT2D eigenvalue weighted by atomic mass is 10.1. The van der Waals surface area contributed by atoms with Crippen LogP contribution in [-0.2, 0) is 16.6 Å². The Kier molecular flexibility index (Phi) is 4.35. The molecule has 20 heavy (non-hydrogen) atoms. The van der Waals surface area contributed by atoms with Crippen molar-refractivity contribution in [2.75, 3.05) is 6.61 Å². The van der Waals surface area contributed by atoms with Crippen molar-refractivity contribution in [1.29, 1.82) is 0 Å². The van der Waals surface area contributed by atoms with E-state index in [4.69, 9.17) is 4.74 Å². The first-order valence-corrected chi connectivity index (χ1v) is 6.55. The smallest absolute Gasteiger partial charge is 0.341 e. The number of hydrogen-bond acceptors (Lipinski definition) is 3. The SMILES string of the molecule is CCOC(=O)/C(=C/c1ccc(C)cc1)c1nccn1C. The molecule has 0 bridgehead atoms. The van der Waals surface area contributed by atoms with Crippen molar-refractivity contribution in [3.63, 3.8) is 0 Å². The highest BCUT2D eigenvalue weighted by Crippen LogP contribution is 2.18. The van der Waals surface area contributed by atoms with E-state index in [0.717, 1.165) is 5.56 Å². The second-order valence-electron chi connectivity index (χ2n) is 4.55. The molecule has 1 aromatic carbocycles. The van der Waals surface area contributed by atoms with Crippen LogP contribution in [0.4, 0.5) is 0 Å². The fraction of sp³-hybridized carbons (Fsp3) is 0.250. The average molecular weight is 270 g/mol. The van der Waals surface area contributed by atoms with E-state index in [1.807, 2.05) is 38.2 Å². The standard InChI is InChI=1S/C16H18N2O2/c1-4-20-16(19)14(15-17-9-10-18(15)3)11-13-7-5-12(2)6-8-13/h5-11H,4H2,1-3H3/b14-11+. The largest absolute Gasteiger partial charge is 0.462 e. The minimum Gasteiger partial charge on any atom is -0.462 e. The molecule has 104 valence electrons. The first-order valence-electron chi connectivity index (χ1n) is 6.55. The van der Waals surface area contributed by atoms with Gasteiger partial charge < -0.3 is 9.30 Å². The third kappa shape index (κ3) is 3.15. The van der Waals surface area contributed by atoms with Gasteiger partial charge in [0.25, 0.3) is 0 Å². The quantitative estimate of drug-likeness (QED) is 0.634. The van der Waals surface area contributed by atoms with Gasteiger partial charge in [-0.15, -0.1) is 0 Å². The highest BCUT2D eigenvalue weighted by atomic mass is 16.5. The summed E-state index contributed by atoms with van der Waals surface area (Å²) in [6.45, 7) is 4.16. The average Bonchev–Trinajstić information content (AvgIpc) is 2.84. The Morgan fingerprint density at radius 2 is 2.05 bits per heavy atom. The summed E-state index contributed by atoms with van der Waals surface area (Å²) in [7, 11) is 1.85. The second-order valence-corrected chi connectivity index (χ2v) is 4.55. The van der Waals surface area contributed by atoms with Gasteiger partial charge in [0.1, 0.15) is 11.4 Å². The van der Waals surface area contributed by atoms with Crippen LogP contribution in [0.2, 0.25) is 0 Å². The molecular formula is C16H18N2O2. The molecule has 0 aliphatic carbocycles. The molecule has 0 spiro atoms. The van der Waals surface area contributed by atoms with Gasteiger partial charge in [-0.05, 0) is 25.5 Å². The van der Waals surface area contributed by atoms with Crippen molar-refractivity contribution in [2.45, 2.75) is 13.8 Å². The van der Waals surface area contributed by atoms with Crippen LogP contribution < -0.4 is 0 Å². The van der Waals surface area contributed by atoms with Crippen molar-refractivity contribution < 1.29 is 9.53 Å². The summed E-state index contributed by atoms with van der Waals surface area (Å²) in [6, 6.07) is 7.95. The molecule has 0 fully saturated rings. The fourth-order valence-electron chi connectivity index (χ4n) is 1.88. The summed E-state index contributed by atoms with van der Waals surface area (Å²) < 4.78 is 6.92. The predicted octanol–water partition coefficient (Wildman–Crippen LogP) is 2.83. The summed E-state index contributed by atoms with van der Waals surface area (Å²) in [6.07, 6.45) is 5.27.